The normalized spacial score (nSPS) is 21.1. The number of aryl methyl sites for hydroxylation is 1. The molecule has 2 heterocycles. The lowest BCUT2D eigenvalue weighted by molar-refractivity contribution is 0.342. The first kappa shape index (κ1) is 7.53. The molecule has 3 heteroatoms. The average molecular weight is 166 g/mol. The molecule has 2 rings (SSSR count). The molecule has 12 heavy (non-hydrogen) atoms. The number of hydrogen-bond acceptors (Lipinski definition) is 1. The van der Waals surface area contributed by atoms with Gasteiger partial charge in [0, 0.05) is 24.4 Å². The third-order valence-corrected chi connectivity index (χ3v) is 2.26. The molecule has 64 valence electrons. The fraction of sp³-hybridized carbons (Fsp3) is 0.444. The highest BCUT2D eigenvalue weighted by Crippen LogP contribution is 2.02. The quantitative estimate of drug-likeness (QED) is 0.497. The minimum Gasteiger partial charge on any atom is -0.333 e. The molecule has 0 fully saturated rings. The van der Waals surface area contributed by atoms with E-state index in [9.17, 15) is 4.39 Å². The van der Waals surface area contributed by atoms with E-state index < -0.39 is 6.30 Å². The second kappa shape index (κ2) is 2.44. The first-order chi connectivity index (χ1) is 5.68. The van der Waals surface area contributed by atoms with E-state index in [4.69, 9.17) is 0 Å². The van der Waals surface area contributed by atoms with Gasteiger partial charge in [0.2, 0.25) is 0 Å². The fourth-order valence-electron chi connectivity index (χ4n) is 1.47. The first-order valence-electron chi connectivity index (χ1n) is 4.03. The third kappa shape index (κ3) is 0.967. The van der Waals surface area contributed by atoms with Crippen LogP contribution in [0, 0.1) is 6.92 Å². The number of aromatic nitrogens is 1. The highest BCUT2D eigenvalue weighted by molar-refractivity contribution is 5.26. The highest BCUT2D eigenvalue weighted by Gasteiger charge is 2.08. The molecule has 1 atom stereocenters. The summed E-state index contributed by atoms with van der Waals surface area (Å²) in [5.74, 6) is 0. The number of halogens is 1. The molecule has 0 aromatic carbocycles. The van der Waals surface area contributed by atoms with Crippen molar-refractivity contribution >= 4 is 6.08 Å². The second-order valence-electron chi connectivity index (χ2n) is 3.13. The van der Waals surface area contributed by atoms with Crippen LogP contribution in [0.25, 0.3) is 6.08 Å². The van der Waals surface area contributed by atoms with E-state index in [1.807, 2.05) is 30.7 Å². The van der Waals surface area contributed by atoms with Crippen molar-refractivity contribution in [1.82, 2.24) is 4.57 Å². The van der Waals surface area contributed by atoms with Crippen LogP contribution in [0.15, 0.2) is 11.1 Å². The van der Waals surface area contributed by atoms with Crippen LogP contribution in [0.3, 0.4) is 0 Å². The van der Waals surface area contributed by atoms with E-state index in [1.54, 1.807) is 0 Å². The zero-order valence-electron chi connectivity index (χ0n) is 7.21. The average Bonchev–Trinajstić information content (AvgIpc) is 2.31. The van der Waals surface area contributed by atoms with Gasteiger partial charge >= 0.3 is 0 Å². The van der Waals surface area contributed by atoms with Crippen molar-refractivity contribution < 1.29 is 4.39 Å². The number of nitrogens with zero attached hydrogens (tertiary/aromatic N) is 2. The Morgan fingerprint density at radius 3 is 3.17 bits per heavy atom. The monoisotopic (exact) mass is 166 g/mol. The van der Waals surface area contributed by atoms with Gasteiger partial charge in [-0.1, -0.05) is 6.08 Å². The molecule has 1 aliphatic heterocycles. The number of rotatable bonds is 0. The van der Waals surface area contributed by atoms with Crippen LogP contribution in [-0.2, 0) is 7.05 Å². The zero-order valence-corrected chi connectivity index (χ0v) is 7.21. The summed E-state index contributed by atoms with van der Waals surface area (Å²) in [6.07, 6.45) is 1.27. The Kier molecular flexibility index (Phi) is 1.53. The Labute approximate surface area is 70.0 Å². The lowest BCUT2D eigenvalue weighted by Crippen LogP contribution is -2.32. The number of alkyl halides is 1. The largest absolute Gasteiger partial charge is 0.333 e. The summed E-state index contributed by atoms with van der Waals surface area (Å²) in [6, 6.07) is 2.03. The van der Waals surface area contributed by atoms with E-state index in [2.05, 4.69) is 4.99 Å². The van der Waals surface area contributed by atoms with Gasteiger partial charge in [0.15, 0.2) is 6.30 Å². The van der Waals surface area contributed by atoms with E-state index in [1.165, 1.54) is 0 Å². The summed E-state index contributed by atoms with van der Waals surface area (Å²) < 4.78 is 14.8. The Bertz CT molecular complexity index is 416. The summed E-state index contributed by atoms with van der Waals surface area (Å²) in [5, 5.41) is 1.06. The van der Waals surface area contributed by atoms with E-state index in [-0.39, 0.29) is 0 Å². The molecule has 0 N–H and O–H groups in total. The van der Waals surface area contributed by atoms with Crippen LogP contribution < -0.4 is 10.7 Å². The zero-order chi connectivity index (χ0) is 8.72. The highest BCUT2D eigenvalue weighted by atomic mass is 19.1. The summed E-state index contributed by atoms with van der Waals surface area (Å²) in [7, 11) is 1.91. The molecule has 0 saturated heterocycles. The molecular weight excluding hydrogens is 155 g/mol. The first-order valence-corrected chi connectivity index (χ1v) is 4.03. The van der Waals surface area contributed by atoms with E-state index >= 15 is 0 Å². The number of hydrogen-bond donors (Lipinski definition) is 0. The van der Waals surface area contributed by atoms with Crippen molar-refractivity contribution in [2.45, 2.75) is 19.6 Å². The predicted molar refractivity (Wildman–Crippen MR) is 44.9 cm³/mol. The molecule has 0 bridgehead atoms. The minimum absolute atomic E-state index is 0.413. The predicted octanol–water partition coefficient (Wildman–Crippen LogP) is 0.433. The Hall–Kier alpha value is -1.12. The molecule has 0 amide bonds. The van der Waals surface area contributed by atoms with Gasteiger partial charge in [-0.05, 0) is 13.0 Å². The van der Waals surface area contributed by atoms with Crippen LogP contribution in [0.1, 0.15) is 12.1 Å². The molecule has 0 saturated carbocycles. The molecule has 2 nitrogen and oxygen atoms in total. The standard InChI is InChI=1S/C9H11FN2/c1-6-5-7-3-4-8(10)11-9(7)12(6)2/h3,5,8H,4H2,1-2H3. The summed E-state index contributed by atoms with van der Waals surface area (Å²) in [6.45, 7) is 1.99. The van der Waals surface area contributed by atoms with Crippen LogP contribution in [-0.4, -0.2) is 10.9 Å². The Balaban J connectivity index is 2.80. The van der Waals surface area contributed by atoms with Crippen molar-refractivity contribution in [2.75, 3.05) is 0 Å². The van der Waals surface area contributed by atoms with Crippen LogP contribution in [0.4, 0.5) is 4.39 Å². The molecule has 0 radical (unpaired) electrons. The van der Waals surface area contributed by atoms with Gasteiger partial charge < -0.3 is 4.57 Å². The van der Waals surface area contributed by atoms with Gasteiger partial charge in [0.05, 0.1) is 0 Å². The van der Waals surface area contributed by atoms with Gasteiger partial charge in [-0.2, -0.15) is 0 Å². The maximum Gasteiger partial charge on any atom is 0.195 e. The van der Waals surface area contributed by atoms with Crippen molar-refractivity contribution in [3.63, 3.8) is 0 Å². The summed E-state index contributed by atoms with van der Waals surface area (Å²) >= 11 is 0. The number of fused-ring (bicyclic) bond motifs is 1. The van der Waals surface area contributed by atoms with Crippen molar-refractivity contribution in [3.05, 3.63) is 22.5 Å². The lowest BCUT2D eigenvalue weighted by Gasteiger charge is -2.02. The third-order valence-electron chi connectivity index (χ3n) is 2.26. The van der Waals surface area contributed by atoms with Gasteiger partial charge in [0.1, 0.15) is 5.49 Å². The summed E-state index contributed by atoms with van der Waals surface area (Å²) in [4.78, 5) is 3.93. The van der Waals surface area contributed by atoms with Crippen LogP contribution in [0.5, 0.6) is 0 Å². The second-order valence-corrected chi connectivity index (χ2v) is 3.13. The lowest BCUT2D eigenvalue weighted by atomic mass is 10.3. The topological polar surface area (TPSA) is 17.3 Å². The van der Waals surface area contributed by atoms with Crippen molar-refractivity contribution in [3.8, 4) is 0 Å². The maximum absolute atomic E-state index is 12.8. The fourth-order valence-corrected chi connectivity index (χ4v) is 1.47. The summed E-state index contributed by atoms with van der Waals surface area (Å²) in [5.41, 5.74) is 1.89. The molecule has 1 aromatic rings. The van der Waals surface area contributed by atoms with Gasteiger partial charge in [-0.15, -0.1) is 0 Å². The van der Waals surface area contributed by atoms with Crippen LogP contribution >= 0.6 is 0 Å². The van der Waals surface area contributed by atoms with E-state index in [0.29, 0.717) is 6.42 Å². The molecule has 1 aliphatic rings. The smallest absolute Gasteiger partial charge is 0.195 e. The molecule has 1 aromatic heterocycles. The van der Waals surface area contributed by atoms with Gasteiger partial charge in [-0.25, -0.2) is 9.38 Å². The van der Waals surface area contributed by atoms with Gasteiger partial charge in [-0.3, -0.25) is 0 Å². The van der Waals surface area contributed by atoms with Crippen molar-refractivity contribution in [2.24, 2.45) is 12.0 Å². The Morgan fingerprint density at radius 2 is 2.42 bits per heavy atom. The maximum atomic E-state index is 12.8. The SMILES string of the molecule is Cc1cc2c(n1C)=NC(F)CC=2. The van der Waals surface area contributed by atoms with Crippen LogP contribution in [0.2, 0.25) is 0 Å². The van der Waals surface area contributed by atoms with Gasteiger partial charge in [0.25, 0.3) is 0 Å². The molecule has 0 aliphatic carbocycles. The molecule has 1 unspecified atom stereocenters. The Morgan fingerprint density at radius 1 is 1.67 bits per heavy atom. The molecule has 0 spiro atoms. The van der Waals surface area contributed by atoms with E-state index in [0.717, 1.165) is 16.4 Å². The van der Waals surface area contributed by atoms with Crippen molar-refractivity contribution in [1.29, 1.82) is 0 Å². The minimum atomic E-state index is -1.05. The molecular formula is C9H11FN2.